The summed E-state index contributed by atoms with van der Waals surface area (Å²) in [7, 11) is -1.59. The summed E-state index contributed by atoms with van der Waals surface area (Å²) >= 11 is 5.74. The van der Waals surface area contributed by atoms with E-state index in [4.69, 9.17) is 11.6 Å². The molecule has 1 N–H and O–H groups in total. The lowest BCUT2D eigenvalue weighted by Crippen LogP contribution is -2.49. The highest BCUT2D eigenvalue weighted by molar-refractivity contribution is 7.88. The number of sulfonamides is 1. The van der Waals surface area contributed by atoms with Crippen molar-refractivity contribution in [2.75, 3.05) is 26.7 Å². The highest BCUT2D eigenvalue weighted by Gasteiger charge is 2.33. The Morgan fingerprint density at radius 3 is 2.88 bits per heavy atom. The van der Waals surface area contributed by atoms with Crippen LogP contribution in [0.1, 0.15) is 17.4 Å². The Balaban J connectivity index is 1.77. The van der Waals surface area contributed by atoms with E-state index < -0.39 is 15.8 Å². The number of piperazine rings is 1. The van der Waals surface area contributed by atoms with Crippen molar-refractivity contribution in [1.29, 1.82) is 0 Å². The first-order valence-electron chi connectivity index (χ1n) is 7.48. The molecule has 9 heteroatoms. The number of aromatic nitrogens is 2. The molecule has 130 valence electrons. The minimum atomic E-state index is -3.53. The average Bonchev–Trinajstić information content (AvgIpc) is 3.05. The summed E-state index contributed by atoms with van der Waals surface area (Å²) in [5, 5.41) is -0.0745. The van der Waals surface area contributed by atoms with E-state index >= 15 is 0 Å². The molecule has 1 fully saturated rings. The molecule has 1 saturated heterocycles. The minimum absolute atomic E-state index is 0.0745. The fraction of sp³-hybridized carbons (Fsp3) is 0.400. The number of rotatable bonds is 4. The van der Waals surface area contributed by atoms with Crippen molar-refractivity contribution >= 4 is 21.6 Å². The quantitative estimate of drug-likeness (QED) is 0.891. The van der Waals surface area contributed by atoms with Crippen LogP contribution in [0, 0.1) is 5.82 Å². The van der Waals surface area contributed by atoms with Crippen molar-refractivity contribution in [2.24, 2.45) is 0 Å². The number of H-pyrrole nitrogens is 1. The van der Waals surface area contributed by atoms with E-state index in [9.17, 15) is 12.8 Å². The summed E-state index contributed by atoms with van der Waals surface area (Å²) in [5.41, 5.74) is 0.467. The Labute approximate surface area is 145 Å². The lowest BCUT2D eigenvalue weighted by atomic mass is 10.2. The van der Waals surface area contributed by atoms with Gasteiger partial charge in [0.05, 0.1) is 16.8 Å². The molecule has 24 heavy (non-hydrogen) atoms. The molecule has 2 aromatic rings. The molecule has 1 aromatic carbocycles. The summed E-state index contributed by atoms with van der Waals surface area (Å²) in [6.07, 6.45) is 3.37. The fourth-order valence-corrected chi connectivity index (χ4v) is 4.50. The topological polar surface area (TPSA) is 69.3 Å². The monoisotopic (exact) mass is 372 g/mol. The van der Waals surface area contributed by atoms with Crippen molar-refractivity contribution < 1.29 is 12.8 Å². The van der Waals surface area contributed by atoms with Gasteiger partial charge in [-0.2, -0.15) is 4.31 Å². The van der Waals surface area contributed by atoms with Gasteiger partial charge < -0.3 is 4.98 Å². The van der Waals surface area contributed by atoms with Crippen LogP contribution in [0.3, 0.4) is 0 Å². The molecule has 0 radical (unpaired) electrons. The highest BCUT2D eigenvalue weighted by Crippen LogP contribution is 2.25. The number of nitrogens with zero attached hydrogens (tertiary/aromatic N) is 3. The summed E-state index contributed by atoms with van der Waals surface area (Å²) < 4.78 is 40.1. The molecule has 0 unspecified atom stereocenters. The predicted molar refractivity (Wildman–Crippen MR) is 89.6 cm³/mol. The number of halogens is 2. The van der Waals surface area contributed by atoms with Gasteiger partial charge >= 0.3 is 0 Å². The molecule has 1 aromatic heterocycles. The SMILES string of the molecule is CN1CCN(S(=O)(=O)Cc2ccc(F)c(Cl)c2)C[C@H]1c1ncc[nH]1. The number of benzene rings is 1. The summed E-state index contributed by atoms with van der Waals surface area (Å²) in [4.78, 5) is 9.34. The lowest BCUT2D eigenvalue weighted by Gasteiger charge is -2.37. The Morgan fingerprint density at radius 2 is 2.21 bits per heavy atom. The van der Waals surface area contributed by atoms with Gasteiger partial charge in [-0.25, -0.2) is 17.8 Å². The summed E-state index contributed by atoms with van der Waals surface area (Å²) in [6, 6.07) is 3.86. The predicted octanol–water partition coefficient (Wildman–Crippen LogP) is 2.02. The van der Waals surface area contributed by atoms with Gasteiger partial charge in [0, 0.05) is 32.0 Å². The zero-order chi connectivity index (χ0) is 17.3. The van der Waals surface area contributed by atoms with E-state index in [1.807, 2.05) is 7.05 Å². The van der Waals surface area contributed by atoms with E-state index in [-0.39, 0.29) is 16.8 Å². The van der Waals surface area contributed by atoms with Crippen LogP contribution in [0.4, 0.5) is 4.39 Å². The molecular formula is C15H18ClFN4O2S. The molecule has 0 aliphatic carbocycles. The third kappa shape index (κ3) is 3.61. The molecule has 0 amide bonds. The summed E-state index contributed by atoms with van der Waals surface area (Å²) in [6.45, 7) is 1.33. The first kappa shape index (κ1) is 17.3. The Kier molecular flexibility index (Phi) is 4.91. The second-order valence-corrected chi connectivity index (χ2v) is 8.21. The van der Waals surface area contributed by atoms with Crippen molar-refractivity contribution in [3.8, 4) is 0 Å². The zero-order valence-electron chi connectivity index (χ0n) is 13.1. The molecule has 3 rings (SSSR count). The second-order valence-electron chi connectivity index (χ2n) is 5.83. The zero-order valence-corrected chi connectivity index (χ0v) is 14.7. The number of hydrogen-bond donors (Lipinski definition) is 1. The van der Waals surface area contributed by atoms with Gasteiger partial charge in [0.15, 0.2) is 0 Å². The van der Waals surface area contributed by atoms with Crippen LogP contribution >= 0.6 is 11.6 Å². The van der Waals surface area contributed by atoms with E-state index in [0.29, 0.717) is 25.2 Å². The van der Waals surface area contributed by atoms with Crippen LogP contribution in [0.2, 0.25) is 5.02 Å². The molecule has 0 bridgehead atoms. The smallest absolute Gasteiger partial charge is 0.218 e. The van der Waals surface area contributed by atoms with Crippen molar-refractivity contribution in [3.63, 3.8) is 0 Å². The van der Waals surface area contributed by atoms with E-state index in [0.717, 1.165) is 5.82 Å². The molecule has 1 aliphatic rings. The van der Waals surface area contributed by atoms with Crippen LogP contribution in [-0.2, 0) is 15.8 Å². The lowest BCUT2D eigenvalue weighted by molar-refractivity contribution is 0.142. The molecule has 1 atom stereocenters. The second kappa shape index (κ2) is 6.79. The van der Waals surface area contributed by atoms with Gasteiger partial charge in [-0.15, -0.1) is 0 Å². The van der Waals surface area contributed by atoms with Crippen molar-refractivity contribution in [2.45, 2.75) is 11.8 Å². The Bertz CT molecular complexity index is 813. The maximum atomic E-state index is 13.2. The van der Waals surface area contributed by atoms with E-state index in [1.54, 1.807) is 12.4 Å². The first-order valence-corrected chi connectivity index (χ1v) is 9.47. The number of imidazole rings is 1. The average molecular weight is 373 g/mol. The van der Waals surface area contributed by atoms with Gasteiger partial charge in [0.25, 0.3) is 0 Å². The van der Waals surface area contributed by atoms with Crippen LogP contribution in [0.25, 0.3) is 0 Å². The molecular weight excluding hydrogens is 355 g/mol. The third-order valence-corrected chi connectivity index (χ3v) is 6.28. The van der Waals surface area contributed by atoms with Gasteiger partial charge in [-0.3, -0.25) is 4.90 Å². The largest absolute Gasteiger partial charge is 0.347 e. The van der Waals surface area contributed by atoms with Gasteiger partial charge in [0.1, 0.15) is 11.6 Å². The molecule has 6 nitrogen and oxygen atoms in total. The number of hydrogen-bond acceptors (Lipinski definition) is 4. The Hall–Kier alpha value is -1.48. The fourth-order valence-electron chi connectivity index (χ4n) is 2.79. The van der Waals surface area contributed by atoms with Gasteiger partial charge in [-0.1, -0.05) is 17.7 Å². The summed E-state index contributed by atoms with van der Waals surface area (Å²) in [5.74, 6) is -0.0285. The number of aromatic amines is 1. The van der Waals surface area contributed by atoms with Gasteiger partial charge in [-0.05, 0) is 24.7 Å². The standard InChI is InChI=1S/C15H18ClFN4O2S/c1-20-6-7-21(9-14(20)15-18-4-5-19-15)24(22,23)10-11-2-3-13(17)12(16)8-11/h2-5,8,14H,6-7,9-10H2,1H3,(H,18,19)/t14-/m0/s1. The van der Waals surface area contributed by atoms with Crippen LogP contribution in [-0.4, -0.2) is 54.3 Å². The molecule has 0 saturated carbocycles. The van der Waals surface area contributed by atoms with Crippen molar-refractivity contribution in [1.82, 2.24) is 19.2 Å². The highest BCUT2D eigenvalue weighted by atomic mass is 35.5. The minimum Gasteiger partial charge on any atom is -0.347 e. The number of nitrogens with one attached hydrogen (secondary N) is 1. The maximum absolute atomic E-state index is 13.2. The van der Waals surface area contributed by atoms with E-state index in [2.05, 4.69) is 14.9 Å². The molecule has 2 heterocycles. The van der Waals surface area contributed by atoms with Crippen molar-refractivity contribution in [3.05, 3.63) is 52.8 Å². The Morgan fingerprint density at radius 1 is 1.42 bits per heavy atom. The molecule has 0 spiro atoms. The van der Waals surface area contributed by atoms with Gasteiger partial charge in [0.2, 0.25) is 10.0 Å². The van der Waals surface area contributed by atoms with Crippen LogP contribution < -0.4 is 0 Å². The maximum Gasteiger partial charge on any atom is 0.218 e. The van der Waals surface area contributed by atoms with E-state index in [1.165, 1.54) is 22.5 Å². The molecule has 1 aliphatic heterocycles. The first-order chi connectivity index (χ1) is 11.4. The third-order valence-electron chi connectivity index (χ3n) is 4.17. The normalized spacial score (nSPS) is 20.4. The number of likely N-dealkylation sites (N-methyl/N-ethyl adjacent to an activating group) is 1. The van der Waals surface area contributed by atoms with Crippen LogP contribution in [0.5, 0.6) is 0 Å². The van der Waals surface area contributed by atoms with Crippen LogP contribution in [0.15, 0.2) is 30.6 Å².